The summed E-state index contributed by atoms with van der Waals surface area (Å²) in [5.41, 5.74) is 0.357. The topological polar surface area (TPSA) is 58.6 Å². The Hall–Kier alpha value is -0.920. The molecule has 6 nitrogen and oxygen atoms in total. The van der Waals surface area contributed by atoms with E-state index in [2.05, 4.69) is 14.5 Å². The molecule has 1 fully saturated rings. The SMILES string of the molecule is CC(C)(C)OC(=O)N1CCN(Cc2nnsc2Cl)CC1. The number of piperazine rings is 1. The zero-order chi connectivity index (χ0) is 14.8. The molecule has 2 rings (SSSR count). The normalized spacial score (nSPS) is 17.3. The number of carbonyl (C=O) groups excluding carboxylic acids is 1. The Morgan fingerprint density at radius 2 is 2.00 bits per heavy atom. The monoisotopic (exact) mass is 318 g/mol. The molecule has 0 unspecified atom stereocenters. The van der Waals surface area contributed by atoms with Crippen molar-refractivity contribution in [2.24, 2.45) is 0 Å². The van der Waals surface area contributed by atoms with Gasteiger partial charge in [-0.05, 0) is 20.8 Å². The Bertz CT molecular complexity index is 466. The Labute approximate surface area is 127 Å². The largest absolute Gasteiger partial charge is 0.444 e. The van der Waals surface area contributed by atoms with E-state index in [1.54, 1.807) is 4.90 Å². The first-order chi connectivity index (χ1) is 9.35. The molecule has 1 saturated heterocycles. The minimum atomic E-state index is -0.450. The summed E-state index contributed by atoms with van der Waals surface area (Å²) in [6, 6.07) is 0. The van der Waals surface area contributed by atoms with Crippen molar-refractivity contribution >= 4 is 29.2 Å². The summed E-state index contributed by atoms with van der Waals surface area (Å²) in [5, 5.41) is 4.00. The second kappa shape index (κ2) is 6.24. The molecule has 0 aliphatic carbocycles. The number of carbonyl (C=O) groups is 1. The van der Waals surface area contributed by atoms with Crippen LogP contribution in [0, 0.1) is 0 Å². The summed E-state index contributed by atoms with van der Waals surface area (Å²) in [7, 11) is 0. The van der Waals surface area contributed by atoms with E-state index in [9.17, 15) is 4.79 Å². The van der Waals surface area contributed by atoms with E-state index < -0.39 is 5.60 Å². The lowest BCUT2D eigenvalue weighted by molar-refractivity contribution is 0.0138. The summed E-state index contributed by atoms with van der Waals surface area (Å²) in [6.07, 6.45) is -0.245. The van der Waals surface area contributed by atoms with E-state index in [1.807, 2.05) is 20.8 Å². The number of ether oxygens (including phenoxy) is 1. The maximum atomic E-state index is 11.9. The van der Waals surface area contributed by atoms with Gasteiger partial charge in [0.15, 0.2) is 0 Å². The van der Waals surface area contributed by atoms with Crippen LogP contribution in [0.4, 0.5) is 4.79 Å². The first kappa shape index (κ1) is 15.5. The minimum absolute atomic E-state index is 0.245. The van der Waals surface area contributed by atoms with Gasteiger partial charge in [0.1, 0.15) is 15.6 Å². The number of hydrogen-bond donors (Lipinski definition) is 0. The van der Waals surface area contributed by atoms with E-state index in [0.717, 1.165) is 18.8 Å². The second-order valence-corrected chi connectivity index (χ2v) is 7.09. The molecule has 0 saturated carbocycles. The van der Waals surface area contributed by atoms with Gasteiger partial charge in [-0.2, -0.15) is 0 Å². The fraction of sp³-hybridized carbons (Fsp3) is 0.750. The number of halogens is 1. The third kappa shape index (κ3) is 4.29. The number of rotatable bonds is 2. The van der Waals surface area contributed by atoms with Crippen LogP contribution < -0.4 is 0 Å². The highest BCUT2D eigenvalue weighted by molar-refractivity contribution is 7.10. The lowest BCUT2D eigenvalue weighted by atomic mass is 10.2. The maximum Gasteiger partial charge on any atom is 0.410 e. The number of nitrogens with zero attached hydrogens (tertiary/aromatic N) is 4. The standard InChI is InChI=1S/C12H19ClN4O2S/c1-12(2,3)19-11(18)17-6-4-16(5-7-17)8-9-10(13)20-15-14-9/h4-8H2,1-3H3. The van der Waals surface area contributed by atoms with Crippen molar-refractivity contribution in [3.63, 3.8) is 0 Å². The van der Waals surface area contributed by atoms with Crippen LogP contribution in [0.25, 0.3) is 0 Å². The van der Waals surface area contributed by atoms with Gasteiger partial charge in [-0.1, -0.05) is 16.1 Å². The molecule has 0 aromatic carbocycles. The lowest BCUT2D eigenvalue weighted by Crippen LogP contribution is -2.49. The summed E-state index contributed by atoms with van der Waals surface area (Å²) >= 11 is 7.19. The zero-order valence-corrected chi connectivity index (χ0v) is 13.5. The molecule has 8 heteroatoms. The molecule has 0 N–H and O–H groups in total. The van der Waals surface area contributed by atoms with E-state index >= 15 is 0 Å². The summed E-state index contributed by atoms with van der Waals surface area (Å²) in [5.74, 6) is 0. The molecule has 1 aromatic heterocycles. The second-order valence-electron chi connectivity index (χ2n) is 5.74. The van der Waals surface area contributed by atoms with E-state index in [4.69, 9.17) is 16.3 Å². The van der Waals surface area contributed by atoms with Crippen LogP contribution in [0.15, 0.2) is 0 Å². The van der Waals surface area contributed by atoms with Crippen molar-refractivity contribution in [2.45, 2.75) is 32.9 Å². The Kier molecular flexibility index (Phi) is 4.82. The Balaban J connectivity index is 1.81. The zero-order valence-electron chi connectivity index (χ0n) is 11.9. The van der Waals surface area contributed by atoms with Crippen molar-refractivity contribution in [2.75, 3.05) is 26.2 Å². The van der Waals surface area contributed by atoms with Gasteiger partial charge in [0.05, 0.1) is 0 Å². The third-order valence-corrected chi connectivity index (χ3v) is 3.89. The van der Waals surface area contributed by atoms with Crippen LogP contribution in [0.2, 0.25) is 4.34 Å². The first-order valence-electron chi connectivity index (χ1n) is 6.52. The van der Waals surface area contributed by atoms with Crippen molar-refractivity contribution in [3.8, 4) is 0 Å². The predicted octanol–water partition coefficient (Wildman–Crippen LogP) is 2.24. The highest BCUT2D eigenvalue weighted by Crippen LogP contribution is 2.19. The molecule has 0 atom stereocenters. The Morgan fingerprint density at radius 3 is 2.50 bits per heavy atom. The molecule has 1 aromatic rings. The highest BCUT2D eigenvalue weighted by Gasteiger charge is 2.26. The average molecular weight is 319 g/mol. The van der Waals surface area contributed by atoms with Gasteiger partial charge in [0.2, 0.25) is 0 Å². The molecule has 0 bridgehead atoms. The van der Waals surface area contributed by atoms with Crippen LogP contribution >= 0.6 is 23.1 Å². The molecule has 112 valence electrons. The Morgan fingerprint density at radius 1 is 1.35 bits per heavy atom. The van der Waals surface area contributed by atoms with Crippen molar-refractivity contribution in [1.82, 2.24) is 19.4 Å². The van der Waals surface area contributed by atoms with Crippen LogP contribution in [0.3, 0.4) is 0 Å². The maximum absolute atomic E-state index is 11.9. The predicted molar refractivity (Wildman–Crippen MR) is 78.0 cm³/mol. The molecule has 2 heterocycles. The van der Waals surface area contributed by atoms with Crippen LogP contribution in [0.5, 0.6) is 0 Å². The molecule has 0 radical (unpaired) electrons. The molecule has 0 spiro atoms. The van der Waals surface area contributed by atoms with Crippen LogP contribution in [0.1, 0.15) is 26.5 Å². The van der Waals surface area contributed by atoms with Crippen LogP contribution in [-0.2, 0) is 11.3 Å². The molecular weight excluding hydrogens is 300 g/mol. The first-order valence-corrected chi connectivity index (χ1v) is 7.67. The molecular formula is C12H19ClN4O2S. The van der Waals surface area contributed by atoms with Gasteiger partial charge in [-0.15, -0.1) is 5.10 Å². The van der Waals surface area contributed by atoms with Gasteiger partial charge in [0.25, 0.3) is 0 Å². The number of hydrogen-bond acceptors (Lipinski definition) is 6. The molecule has 1 aliphatic heterocycles. The lowest BCUT2D eigenvalue weighted by Gasteiger charge is -2.35. The number of aromatic nitrogens is 2. The molecule has 20 heavy (non-hydrogen) atoms. The molecule has 1 aliphatic rings. The van der Waals surface area contributed by atoms with Crippen LogP contribution in [-0.4, -0.2) is 57.3 Å². The fourth-order valence-electron chi connectivity index (χ4n) is 1.92. The van der Waals surface area contributed by atoms with E-state index in [0.29, 0.717) is 24.0 Å². The summed E-state index contributed by atoms with van der Waals surface area (Å²) in [4.78, 5) is 15.9. The van der Waals surface area contributed by atoms with Gasteiger partial charge in [-0.3, -0.25) is 4.90 Å². The van der Waals surface area contributed by atoms with Gasteiger partial charge >= 0.3 is 6.09 Å². The highest BCUT2D eigenvalue weighted by atomic mass is 35.5. The summed E-state index contributed by atoms with van der Waals surface area (Å²) in [6.45, 7) is 9.18. The average Bonchev–Trinajstić information content (AvgIpc) is 2.74. The minimum Gasteiger partial charge on any atom is -0.444 e. The quantitative estimate of drug-likeness (QED) is 0.837. The smallest absolute Gasteiger partial charge is 0.410 e. The fourth-order valence-corrected chi connectivity index (χ4v) is 2.53. The van der Waals surface area contributed by atoms with Gasteiger partial charge < -0.3 is 9.64 Å². The van der Waals surface area contributed by atoms with E-state index in [1.165, 1.54) is 11.5 Å². The van der Waals surface area contributed by atoms with Gasteiger partial charge in [-0.25, -0.2) is 4.79 Å². The van der Waals surface area contributed by atoms with Crippen molar-refractivity contribution in [3.05, 3.63) is 10.0 Å². The van der Waals surface area contributed by atoms with Crippen molar-refractivity contribution in [1.29, 1.82) is 0 Å². The van der Waals surface area contributed by atoms with Crippen molar-refractivity contribution < 1.29 is 9.53 Å². The summed E-state index contributed by atoms with van der Waals surface area (Å²) < 4.78 is 9.82. The molecule has 1 amide bonds. The number of amides is 1. The van der Waals surface area contributed by atoms with E-state index in [-0.39, 0.29) is 6.09 Å². The van der Waals surface area contributed by atoms with Gasteiger partial charge in [0, 0.05) is 44.3 Å². The third-order valence-electron chi connectivity index (χ3n) is 2.91.